The number of hydrogen-bond acceptors (Lipinski definition) is 20. The summed E-state index contributed by atoms with van der Waals surface area (Å²) >= 11 is 0. The van der Waals surface area contributed by atoms with Crippen LogP contribution in [0.2, 0.25) is 0 Å². The van der Waals surface area contributed by atoms with Crippen LogP contribution in [0.4, 0.5) is 0 Å². The molecule has 1 heterocycles. The van der Waals surface area contributed by atoms with Crippen molar-refractivity contribution in [1.29, 1.82) is 0 Å². The molecule has 0 aliphatic carbocycles. The quantitative estimate of drug-likeness (QED) is 0.133. The van der Waals surface area contributed by atoms with Crippen molar-refractivity contribution >= 4 is 67.0 Å². The van der Waals surface area contributed by atoms with E-state index in [4.69, 9.17) is 48.3 Å². The minimum atomic E-state index is -0.167. The van der Waals surface area contributed by atoms with Gasteiger partial charge in [-0.05, 0) is 116 Å². The van der Waals surface area contributed by atoms with Gasteiger partial charge in [-0.15, -0.1) is 0 Å². The number of nitrogens with zero attached hydrogens (tertiary/aromatic N) is 1. The standard InChI is InChI=1S/2C8H10.C7H13NO.3C5H12.C4H10.C3H8O.C2H6.5CH5N.9CH2O.4H3N/c2*1-2-8-6-4-3-5-7-8;1-7(9)8-5-3-2-4-6-8;3*1-4-5(2)3;1-4(2)3;1-3(2)4;15*1-2;;;;/h2*3-7H,2H2,1H3;2-6H2,1H3;3*5H,4H2,1-3H3;4H,1-3H3;3-4H,1-2H3;1-2H3;5*2H2,1H3;9*1H2;4*1H3. The third-order valence-corrected chi connectivity index (χ3v) is 6.75. The maximum atomic E-state index is 10.7. The number of piperidine rings is 1. The molecular formula is C61H148N10O11. The van der Waals surface area contributed by atoms with E-state index in [2.05, 4.69) is 174 Å². The molecule has 2 aromatic rings. The average Bonchev–Trinajstić information content (AvgIpc) is 3.53. The van der Waals surface area contributed by atoms with E-state index in [0.29, 0.717) is 0 Å². The van der Waals surface area contributed by atoms with Gasteiger partial charge in [0.25, 0.3) is 0 Å². The number of aliphatic hydroxyl groups is 1. The number of likely N-dealkylation sites (tertiary alicyclic amines) is 1. The maximum absolute atomic E-state index is 10.7. The van der Waals surface area contributed by atoms with Crippen molar-refractivity contribution in [1.82, 2.24) is 29.5 Å². The molecule has 2 aromatic carbocycles. The molecule has 0 radical (unpaired) electrons. The highest BCUT2D eigenvalue weighted by atomic mass is 16.3. The Kier molecular flexibility index (Phi) is 469. The van der Waals surface area contributed by atoms with Crippen molar-refractivity contribution in [3.8, 4) is 0 Å². The lowest BCUT2D eigenvalue weighted by Gasteiger charge is -2.24. The predicted molar refractivity (Wildman–Crippen MR) is 367 cm³/mol. The number of benzene rings is 2. The number of hydrogen-bond donors (Lipinski definition) is 10. The first-order valence-corrected chi connectivity index (χ1v) is 25.9. The molecular weight excluding hydrogens is 1050 g/mol. The van der Waals surface area contributed by atoms with Gasteiger partial charge in [0.1, 0.15) is 61.1 Å². The summed E-state index contributed by atoms with van der Waals surface area (Å²) in [7, 11) is 7.50. The second-order valence-electron chi connectivity index (χ2n) is 14.5. The fourth-order valence-corrected chi connectivity index (χ4v) is 2.64. The molecule has 1 fully saturated rings. The van der Waals surface area contributed by atoms with E-state index in [9.17, 15) is 4.79 Å². The average molecular weight is 1200 g/mol. The van der Waals surface area contributed by atoms with Gasteiger partial charge in [-0.25, -0.2) is 0 Å². The molecule has 21 heteroatoms. The van der Waals surface area contributed by atoms with E-state index in [0.717, 1.165) is 49.6 Å². The molecule has 508 valence electrons. The molecule has 1 aliphatic rings. The van der Waals surface area contributed by atoms with Gasteiger partial charge in [-0.1, -0.05) is 191 Å². The lowest BCUT2D eigenvalue weighted by molar-refractivity contribution is -0.129. The Morgan fingerprint density at radius 3 is 0.610 bits per heavy atom. The fraction of sp³-hybridized carbons (Fsp3) is 0.639. The normalized spacial score (nSPS) is 7.48. The lowest BCUT2D eigenvalue weighted by atomic mass is 10.1. The number of aliphatic hydroxyl groups excluding tert-OH is 1. The number of carbonyl (C=O) groups is 10. The Labute approximate surface area is 509 Å². The molecule has 0 bridgehead atoms. The van der Waals surface area contributed by atoms with Crippen LogP contribution in [-0.2, 0) is 60.8 Å². The molecule has 1 saturated heterocycles. The Morgan fingerprint density at radius 1 is 0.402 bits per heavy atom. The van der Waals surface area contributed by atoms with Crippen molar-refractivity contribution in [2.24, 2.45) is 52.3 Å². The SMILES string of the molecule is C=O.C=O.C=O.C=O.C=O.C=O.C=O.C=O.C=O.CC.CC(=O)N1CCCCC1.CC(C)C.CC(C)O.CCC(C)C.CCC(C)C.CCC(C)C.CCc1ccccc1.CCc1ccccc1.CN.CN.CN.CN.CN.N.N.N.N. The van der Waals surface area contributed by atoms with Gasteiger partial charge in [0, 0.05) is 26.1 Å². The molecule has 23 N–H and O–H groups in total. The number of amides is 1. The zero-order valence-corrected chi connectivity index (χ0v) is 58.3. The van der Waals surface area contributed by atoms with Crippen LogP contribution in [0, 0.1) is 23.7 Å². The smallest absolute Gasteiger partial charge is 0.219 e. The molecule has 1 aliphatic heterocycles. The second-order valence-corrected chi connectivity index (χ2v) is 14.5. The molecule has 0 spiro atoms. The van der Waals surface area contributed by atoms with Crippen LogP contribution in [0.25, 0.3) is 0 Å². The number of carbonyl (C=O) groups excluding carboxylic acids is 10. The van der Waals surface area contributed by atoms with Gasteiger partial charge >= 0.3 is 0 Å². The zero-order valence-electron chi connectivity index (χ0n) is 58.3. The van der Waals surface area contributed by atoms with E-state index in [1.807, 2.05) is 92.0 Å². The third-order valence-electron chi connectivity index (χ3n) is 6.75. The largest absolute Gasteiger partial charge is 0.394 e. The second kappa shape index (κ2) is 243. The Balaban J connectivity index is -0.0000000200. The van der Waals surface area contributed by atoms with E-state index in [-0.39, 0.29) is 36.6 Å². The summed E-state index contributed by atoms with van der Waals surface area (Å²) in [6.07, 6.45) is 9.71. The highest BCUT2D eigenvalue weighted by molar-refractivity contribution is 5.73. The first-order valence-electron chi connectivity index (χ1n) is 25.9. The monoisotopic (exact) mass is 1200 g/mol. The van der Waals surface area contributed by atoms with Gasteiger partial charge in [0.2, 0.25) is 5.91 Å². The van der Waals surface area contributed by atoms with Gasteiger partial charge in [-0.2, -0.15) is 0 Å². The third kappa shape index (κ3) is 381. The Bertz CT molecular complexity index is 932. The zero-order chi connectivity index (χ0) is 68.3. The van der Waals surface area contributed by atoms with Crippen molar-refractivity contribution in [2.45, 2.75) is 189 Å². The van der Waals surface area contributed by atoms with E-state index >= 15 is 0 Å². The van der Waals surface area contributed by atoms with Crippen molar-refractivity contribution < 1.29 is 53.1 Å². The summed E-state index contributed by atoms with van der Waals surface area (Å²) in [4.78, 5) is 84.6. The summed E-state index contributed by atoms with van der Waals surface area (Å²) < 4.78 is 0. The van der Waals surface area contributed by atoms with Crippen LogP contribution in [0.15, 0.2) is 60.7 Å². The van der Waals surface area contributed by atoms with E-state index in [1.165, 1.54) is 84.9 Å². The molecule has 82 heavy (non-hydrogen) atoms. The summed E-state index contributed by atoms with van der Waals surface area (Å²) in [6, 6.07) is 20.9. The van der Waals surface area contributed by atoms with Crippen LogP contribution in [-0.4, -0.2) is 131 Å². The van der Waals surface area contributed by atoms with Crippen LogP contribution >= 0.6 is 0 Å². The van der Waals surface area contributed by atoms with Crippen molar-refractivity contribution in [3.63, 3.8) is 0 Å². The van der Waals surface area contributed by atoms with Crippen LogP contribution in [0.3, 0.4) is 0 Å². The molecule has 0 atom stereocenters. The first kappa shape index (κ1) is 158. The minimum Gasteiger partial charge on any atom is -0.394 e. The summed E-state index contributed by atoms with van der Waals surface area (Å²) in [5.74, 6) is 3.72. The number of rotatable bonds is 5. The van der Waals surface area contributed by atoms with Crippen molar-refractivity contribution in [2.75, 3.05) is 48.3 Å². The highest BCUT2D eigenvalue weighted by Crippen LogP contribution is 2.07. The summed E-state index contributed by atoms with van der Waals surface area (Å²) in [5, 5.41) is 8.06. The van der Waals surface area contributed by atoms with Crippen LogP contribution in [0.1, 0.15) is 181 Å². The predicted octanol–water partition coefficient (Wildman–Crippen LogP) is 11.6. The summed E-state index contributed by atoms with van der Waals surface area (Å²) in [5.41, 5.74) is 25.3. The molecule has 0 aromatic heterocycles. The number of nitrogens with two attached hydrogens (primary N) is 5. The molecule has 3 rings (SSSR count). The lowest BCUT2D eigenvalue weighted by Crippen LogP contribution is -2.33. The molecule has 21 nitrogen and oxygen atoms in total. The van der Waals surface area contributed by atoms with Gasteiger partial charge < -0.3 is 106 Å². The first-order chi connectivity index (χ1) is 37.4. The molecule has 0 saturated carbocycles. The maximum Gasteiger partial charge on any atom is 0.219 e. The van der Waals surface area contributed by atoms with E-state index < -0.39 is 0 Å². The number of aryl methyl sites for hydroxylation is 2. The van der Waals surface area contributed by atoms with Gasteiger partial charge in [0.15, 0.2) is 0 Å². The highest BCUT2D eigenvalue weighted by Gasteiger charge is 2.11. The fourth-order valence-electron chi connectivity index (χ4n) is 2.64. The Morgan fingerprint density at radius 2 is 0.537 bits per heavy atom. The molecule has 0 unspecified atom stereocenters. The van der Waals surface area contributed by atoms with Gasteiger partial charge in [0.05, 0.1) is 0 Å². The minimum absolute atomic E-state index is 0. The van der Waals surface area contributed by atoms with Gasteiger partial charge in [-0.3, -0.25) is 4.79 Å². The van der Waals surface area contributed by atoms with E-state index in [1.54, 1.807) is 20.8 Å². The topological polar surface area (TPSA) is 464 Å². The summed E-state index contributed by atoms with van der Waals surface area (Å²) in [6.45, 7) is 59.8. The van der Waals surface area contributed by atoms with Crippen LogP contribution < -0.4 is 53.3 Å². The Hall–Kier alpha value is -5.46. The molecule has 1 amide bonds. The van der Waals surface area contributed by atoms with Crippen LogP contribution in [0.5, 0.6) is 0 Å². The van der Waals surface area contributed by atoms with Crippen molar-refractivity contribution in [3.05, 3.63) is 71.8 Å².